The smallest absolute Gasteiger partial charge is 0.0234 e. The van der Waals surface area contributed by atoms with Crippen LogP contribution in [0.1, 0.15) is 41.0 Å². The zero-order chi connectivity index (χ0) is 14.9. The minimum absolute atomic E-state index is 0.271. The van der Waals surface area contributed by atoms with Crippen molar-refractivity contribution in [3.8, 4) is 0 Å². The Kier molecular flexibility index (Phi) is 8.70. The van der Waals surface area contributed by atoms with Gasteiger partial charge in [0.1, 0.15) is 0 Å². The van der Waals surface area contributed by atoms with Crippen LogP contribution in [0.25, 0.3) is 0 Å². The molecular formula is C17H32N2. The quantitative estimate of drug-likeness (QED) is 0.766. The summed E-state index contributed by atoms with van der Waals surface area (Å²) < 4.78 is 0. The second-order valence-electron chi connectivity index (χ2n) is 5.33. The fraction of sp³-hybridized carbons (Fsp3) is 0.647. The van der Waals surface area contributed by atoms with Gasteiger partial charge in [0.15, 0.2) is 0 Å². The number of likely N-dealkylation sites (tertiary alicyclic amines) is 1. The molecule has 2 N–H and O–H groups in total. The van der Waals surface area contributed by atoms with Crippen molar-refractivity contribution >= 4 is 0 Å². The molecule has 2 unspecified atom stereocenters. The average molecular weight is 264 g/mol. The Hall–Kier alpha value is -0.860. The van der Waals surface area contributed by atoms with Crippen molar-refractivity contribution in [2.24, 2.45) is 11.1 Å². The van der Waals surface area contributed by atoms with Gasteiger partial charge in [-0.2, -0.15) is 0 Å². The molecule has 0 radical (unpaired) electrons. The Balaban J connectivity index is 0.00000154. The van der Waals surface area contributed by atoms with Gasteiger partial charge in [-0.15, -0.1) is 0 Å². The van der Waals surface area contributed by atoms with Crippen LogP contribution in [0.3, 0.4) is 0 Å². The van der Waals surface area contributed by atoms with E-state index in [4.69, 9.17) is 5.73 Å². The average Bonchev–Trinajstić information content (AvgIpc) is 2.68. The predicted octanol–water partition coefficient (Wildman–Crippen LogP) is 3.76. The summed E-state index contributed by atoms with van der Waals surface area (Å²) in [4.78, 5) is 2.41. The second kappa shape index (κ2) is 9.11. The largest absolute Gasteiger partial charge is 0.326 e. The molecule has 2 nitrogen and oxygen atoms in total. The van der Waals surface area contributed by atoms with Gasteiger partial charge in [0.25, 0.3) is 0 Å². The van der Waals surface area contributed by atoms with Gasteiger partial charge in [-0.3, -0.25) is 4.90 Å². The third-order valence-corrected chi connectivity index (χ3v) is 3.80. The Bertz CT molecular complexity index is 317. The Morgan fingerprint density at radius 3 is 2.53 bits per heavy atom. The van der Waals surface area contributed by atoms with Crippen molar-refractivity contribution in [2.45, 2.75) is 47.1 Å². The normalized spacial score (nSPS) is 27.8. The first-order valence-corrected chi connectivity index (χ1v) is 7.47. The molecule has 0 bridgehead atoms. The van der Waals surface area contributed by atoms with E-state index in [1.54, 1.807) is 0 Å². The van der Waals surface area contributed by atoms with Crippen molar-refractivity contribution < 1.29 is 0 Å². The minimum Gasteiger partial charge on any atom is -0.326 e. The van der Waals surface area contributed by atoms with Crippen molar-refractivity contribution in [3.63, 3.8) is 0 Å². The van der Waals surface area contributed by atoms with E-state index in [1.807, 2.05) is 39.0 Å². The molecule has 1 heterocycles. The highest BCUT2D eigenvalue weighted by molar-refractivity contribution is 5.21. The van der Waals surface area contributed by atoms with E-state index < -0.39 is 0 Å². The van der Waals surface area contributed by atoms with Crippen LogP contribution in [-0.2, 0) is 0 Å². The first kappa shape index (κ1) is 18.1. The molecule has 0 amide bonds. The van der Waals surface area contributed by atoms with Crippen LogP contribution in [-0.4, -0.2) is 30.6 Å². The first-order chi connectivity index (χ1) is 9.01. The van der Waals surface area contributed by atoms with Gasteiger partial charge < -0.3 is 5.73 Å². The SMILES string of the molecule is C=C(/C=C\C=C/C)CN1CC(N)C(C)(CC)C1.CC. The lowest BCUT2D eigenvalue weighted by molar-refractivity contribution is 0.271. The van der Waals surface area contributed by atoms with Crippen LogP contribution < -0.4 is 5.73 Å². The van der Waals surface area contributed by atoms with Gasteiger partial charge in [-0.05, 0) is 24.3 Å². The molecule has 0 spiro atoms. The number of nitrogens with two attached hydrogens (primary N) is 1. The molecular weight excluding hydrogens is 232 g/mol. The highest BCUT2D eigenvalue weighted by atomic mass is 15.2. The molecule has 1 rings (SSSR count). The number of hydrogen-bond acceptors (Lipinski definition) is 2. The van der Waals surface area contributed by atoms with E-state index in [0.29, 0.717) is 6.04 Å². The fourth-order valence-corrected chi connectivity index (χ4v) is 2.33. The predicted molar refractivity (Wildman–Crippen MR) is 87.3 cm³/mol. The monoisotopic (exact) mass is 264 g/mol. The van der Waals surface area contributed by atoms with E-state index in [9.17, 15) is 0 Å². The Morgan fingerprint density at radius 1 is 1.42 bits per heavy atom. The van der Waals surface area contributed by atoms with E-state index in [0.717, 1.165) is 31.6 Å². The lowest BCUT2D eigenvalue weighted by Gasteiger charge is -2.26. The molecule has 1 fully saturated rings. The third kappa shape index (κ3) is 5.75. The summed E-state index contributed by atoms with van der Waals surface area (Å²) in [7, 11) is 0. The van der Waals surface area contributed by atoms with Crippen LogP contribution in [0.5, 0.6) is 0 Å². The Labute approximate surface area is 120 Å². The molecule has 0 aromatic heterocycles. The maximum absolute atomic E-state index is 6.21. The zero-order valence-corrected chi connectivity index (χ0v) is 13.4. The molecule has 1 aliphatic heterocycles. The van der Waals surface area contributed by atoms with Crippen LogP contribution in [0, 0.1) is 5.41 Å². The lowest BCUT2D eigenvalue weighted by Crippen LogP contribution is -2.37. The van der Waals surface area contributed by atoms with Crippen LogP contribution in [0.2, 0.25) is 0 Å². The van der Waals surface area contributed by atoms with Gasteiger partial charge in [0.05, 0.1) is 0 Å². The van der Waals surface area contributed by atoms with Gasteiger partial charge in [-0.1, -0.05) is 58.6 Å². The molecule has 0 aromatic carbocycles. The van der Waals surface area contributed by atoms with Crippen LogP contribution in [0.15, 0.2) is 36.5 Å². The molecule has 1 saturated heterocycles. The highest BCUT2D eigenvalue weighted by Gasteiger charge is 2.38. The topological polar surface area (TPSA) is 29.3 Å². The summed E-state index contributed by atoms with van der Waals surface area (Å²) >= 11 is 0. The summed E-state index contributed by atoms with van der Waals surface area (Å²) in [5, 5.41) is 0. The number of nitrogens with zero attached hydrogens (tertiary/aromatic N) is 1. The van der Waals surface area contributed by atoms with Gasteiger partial charge in [-0.25, -0.2) is 0 Å². The van der Waals surface area contributed by atoms with Crippen molar-refractivity contribution in [3.05, 3.63) is 36.5 Å². The molecule has 0 aromatic rings. The standard InChI is InChI=1S/C15H26N2.C2H6/c1-5-7-8-9-13(3)10-17-11-14(16)15(4,6-2)12-17;1-2/h5,7-9,14H,3,6,10-12,16H2,1-2,4H3;1-2H3/b7-5-,9-8-;. The van der Waals surface area contributed by atoms with Gasteiger partial charge >= 0.3 is 0 Å². The maximum Gasteiger partial charge on any atom is 0.0234 e. The summed E-state index contributed by atoms with van der Waals surface area (Å²) in [5.74, 6) is 0. The molecule has 1 aliphatic rings. The molecule has 110 valence electrons. The van der Waals surface area contributed by atoms with Crippen LogP contribution in [0.4, 0.5) is 0 Å². The van der Waals surface area contributed by atoms with Crippen molar-refractivity contribution in [1.82, 2.24) is 4.90 Å². The van der Waals surface area contributed by atoms with Gasteiger partial charge in [0, 0.05) is 25.7 Å². The van der Waals surface area contributed by atoms with Crippen LogP contribution >= 0.6 is 0 Å². The molecule has 0 saturated carbocycles. The van der Waals surface area contributed by atoms with Crippen molar-refractivity contribution in [2.75, 3.05) is 19.6 Å². The number of rotatable bonds is 5. The van der Waals surface area contributed by atoms with Crippen molar-refractivity contribution in [1.29, 1.82) is 0 Å². The number of allylic oxidation sites excluding steroid dienone is 3. The van der Waals surface area contributed by atoms with E-state index in [-0.39, 0.29) is 5.41 Å². The summed E-state index contributed by atoms with van der Waals surface area (Å²) in [6.07, 6.45) is 9.30. The highest BCUT2D eigenvalue weighted by Crippen LogP contribution is 2.32. The molecule has 19 heavy (non-hydrogen) atoms. The maximum atomic E-state index is 6.21. The fourth-order valence-electron chi connectivity index (χ4n) is 2.33. The summed E-state index contributed by atoms with van der Waals surface area (Å²) in [6.45, 7) is 17.6. The Morgan fingerprint density at radius 2 is 2.05 bits per heavy atom. The summed E-state index contributed by atoms with van der Waals surface area (Å²) in [5.41, 5.74) is 7.63. The molecule has 2 atom stereocenters. The minimum atomic E-state index is 0.271. The third-order valence-electron chi connectivity index (χ3n) is 3.80. The lowest BCUT2D eigenvalue weighted by atomic mass is 9.83. The van der Waals surface area contributed by atoms with E-state index in [2.05, 4.69) is 31.4 Å². The zero-order valence-electron chi connectivity index (χ0n) is 13.4. The van der Waals surface area contributed by atoms with Gasteiger partial charge in [0.2, 0.25) is 0 Å². The molecule has 2 heteroatoms. The first-order valence-electron chi connectivity index (χ1n) is 7.47. The second-order valence-corrected chi connectivity index (χ2v) is 5.33. The molecule has 0 aliphatic carbocycles. The number of hydrogen-bond donors (Lipinski definition) is 1. The summed E-state index contributed by atoms with van der Waals surface area (Å²) in [6, 6.07) is 0.291. The van der Waals surface area contributed by atoms with E-state index >= 15 is 0 Å². The van der Waals surface area contributed by atoms with E-state index in [1.165, 1.54) is 0 Å².